The number of rotatable bonds is 6. The molecule has 6 heteroatoms. The fraction of sp³-hybridized carbons (Fsp3) is 0.929. The predicted octanol–water partition coefficient (Wildman–Crippen LogP) is 0.478. The van der Waals surface area contributed by atoms with Gasteiger partial charge < -0.3 is 20.7 Å². The zero-order chi connectivity index (χ0) is 15.0. The van der Waals surface area contributed by atoms with Gasteiger partial charge in [0.15, 0.2) is 0 Å². The number of nitrogens with zero attached hydrogens (tertiary/aromatic N) is 2. The maximum atomic E-state index is 11.9. The third-order valence-corrected chi connectivity index (χ3v) is 3.19. The molecular formula is C14H30N4O2. The SMILES string of the molecule is CC(C)(C)OC(=O)N1CCN(CCNCCCN)CC1. The van der Waals surface area contributed by atoms with Crippen LogP contribution in [0.4, 0.5) is 4.79 Å². The van der Waals surface area contributed by atoms with Crippen molar-refractivity contribution in [2.24, 2.45) is 5.73 Å². The number of hydrogen-bond acceptors (Lipinski definition) is 5. The summed E-state index contributed by atoms with van der Waals surface area (Å²) >= 11 is 0. The van der Waals surface area contributed by atoms with E-state index >= 15 is 0 Å². The number of piperazine rings is 1. The third kappa shape index (κ3) is 7.07. The van der Waals surface area contributed by atoms with Crippen LogP contribution in [0.2, 0.25) is 0 Å². The van der Waals surface area contributed by atoms with Crippen molar-refractivity contribution < 1.29 is 9.53 Å². The molecule has 118 valence electrons. The summed E-state index contributed by atoms with van der Waals surface area (Å²) in [6, 6.07) is 0. The molecule has 1 rings (SSSR count). The van der Waals surface area contributed by atoms with Crippen molar-refractivity contribution in [3.63, 3.8) is 0 Å². The first kappa shape index (κ1) is 17.2. The maximum Gasteiger partial charge on any atom is 0.410 e. The molecule has 0 radical (unpaired) electrons. The van der Waals surface area contributed by atoms with Crippen molar-refractivity contribution in [1.82, 2.24) is 15.1 Å². The first-order chi connectivity index (χ1) is 9.42. The lowest BCUT2D eigenvalue weighted by atomic mass is 10.2. The molecule has 0 bridgehead atoms. The van der Waals surface area contributed by atoms with Crippen molar-refractivity contribution in [3.05, 3.63) is 0 Å². The molecule has 1 amide bonds. The highest BCUT2D eigenvalue weighted by atomic mass is 16.6. The van der Waals surface area contributed by atoms with E-state index in [0.29, 0.717) is 0 Å². The summed E-state index contributed by atoms with van der Waals surface area (Å²) in [6.07, 6.45) is 0.824. The average Bonchev–Trinajstić information content (AvgIpc) is 2.37. The summed E-state index contributed by atoms with van der Waals surface area (Å²) in [5.74, 6) is 0. The maximum absolute atomic E-state index is 11.9. The van der Waals surface area contributed by atoms with Crippen molar-refractivity contribution >= 4 is 6.09 Å². The highest BCUT2D eigenvalue weighted by molar-refractivity contribution is 5.68. The Morgan fingerprint density at radius 1 is 1.20 bits per heavy atom. The van der Waals surface area contributed by atoms with Gasteiger partial charge in [0.1, 0.15) is 5.60 Å². The Morgan fingerprint density at radius 2 is 1.85 bits per heavy atom. The Bertz CT molecular complexity index is 283. The minimum Gasteiger partial charge on any atom is -0.444 e. The third-order valence-electron chi connectivity index (χ3n) is 3.19. The molecule has 0 aromatic heterocycles. The van der Waals surface area contributed by atoms with Gasteiger partial charge in [-0.2, -0.15) is 0 Å². The Hall–Kier alpha value is -0.850. The molecule has 1 heterocycles. The molecule has 0 aliphatic carbocycles. The lowest BCUT2D eigenvalue weighted by Gasteiger charge is -2.35. The number of carbonyl (C=O) groups is 1. The van der Waals surface area contributed by atoms with Gasteiger partial charge >= 0.3 is 6.09 Å². The summed E-state index contributed by atoms with van der Waals surface area (Å²) in [6.45, 7) is 12.7. The minimum absolute atomic E-state index is 0.196. The number of amides is 1. The summed E-state index contributed by atoms with van der Waals surface area (Å²) < 4.78 is 5.38. The number of carbonyl (C=O) groups excluding carboxylic acids is 1. The molecule has 3 N–H and O–H groups in total. The zero-order valence-electron chi connectivity index (χ0n) is 13.2. The Morgan fingerprint density at radius 3 is 2.40 bits per heavy atom. The number of nitrogens with one attached hydrogen (secondary N) is 1. The minimum atomic E-state index is -0.416. The van der Waals surface area contributed by atoms with Crippen LogP contribution in [0.15, 0.2) is 0 Å². The first-order valence-electron chi connectivity index (χ1n) is 7.53. The van der Waals surface area contributed by atoms with E-state index in [2.05, 4.69) is 10.2 Å². The molecule has 0 aromatic rings. The summed E-state index contributed by atoms with van der Waals surface area (Å²) in [7, 11) is 0. The fourth-order valence-corrected chi connectivity index (χ4v) is 2.07. The molecule has 0 saturated carbocycles. The van der Waals surface area contributed by atoms with Gasteiger partial charge in [0.2, 0.25) is 0 Å². The average molecular weight is 286 g/mol. The van der Waals surface area contributed by atoms with Crippen LogP contribution in [0, 0.1) is 0 Å². The summed E-state index contributed by atoms with van der Waals surface area (Å²) in [4.78, 5) is 16.1. The van der Waals surface area contributed by atoms with Gasteiger partial charge in [-0.1, -0.05) is 0 Å². The van der Waals surface area contributed by atoms with Crippen LogP contribution in [0.1, 0.15) is 27.2 Å². The second-order valence-electron chi connectivity index (χ2n) is 6.20. The van der Waals surface area contributed by atoms with Gasteiger partial charge in [-0.05, 0) is 40.3 Å². The molecule has 1 aliphatic heterocycles. The quantitative estimate of drug-likeness (QED) is 0.695. The molecule has 0 unspecified atom stereocenters. The van der Waals surface area contributed by atoms with Crippen molar-refractivity contribution in [2.75, 3.05) is 52.4 Å². The summed E-state index contributed by atoms with van der Waals surface area (Å²) in [5, 5.41) is 3.37. The van der Waals surface area contributed by atoms with Crippen LogP contribution < -0.4 is 11.1 Å². The van der Waals surface area contributed by atoms with E-state index in [0.717, 1.165) is 58.8 Å². The molecular weight excluding hydrogens is 256 g/mol. The van der Waals surface area contributed by atoms with Gasteiger partial charge in [0, 0.05) is 39.3 Å². The van der Waals surface area contributed by atoms with E-state index in [9.17, 15) is 4.79 Å². The standard InChI is InChI=1S/C14H30N4O2/c1-14(2,3)20-13(19)18-11-9-17(10-12-18)8-7-16-6-4-5-15/h16H,4-12,15H2,1-3H3. The van der Waals surface area contributed by atoms with Crippen LogP contribution in [0.3, 0.4) is 0 Å². The van der Waals surface area contributed by atoms with E-state index in [1.807, 2.05) is 20.8 Å². The van der Waals surface area contributed by atoms with Crippen LogP contribution >= 0.6 is 0 Å². The molecule has 1 saturated heterocycles. The van der Waals surface area contributed by atoms with E-state index in [-0.39, 0.29) is 6.09 Å². The predicted molar refractivity (Wildman–Crippen MR) is 80.8 cm³/mol. The van der Waals surface area contributed by atoms with Crippen LogP contribution in [0.5, 0.6) is 0 Å². The number of nitrogens with two attached hydrogens (primary N) is 1. The smallest absolute Gasteiger partial charge is 0.410 e. The molecule has 0 atom stereocenters. The van der Waals surface area contributed by atoms with Gasteiger partial charge in [-0.15, -0.1) is 0 Å². The Labute approximate surface area is 122 Å². The van der Waals surface area contributed by atoms with Crippen LogP contribution in [-0.4, -0.2) is 73.9 Å². The molecule has 1 fully saturated rings. The topological polar surface area (TPSA) is 70.8 Å². The highest BCUT2D eigenvalue weighted by Crippen LogP contribution is 2.11. The molecule has 0 aromatic carbocycles. The molecule has 20 heavy (non-hydrogen) atoms. The van der Waals surface area contributed by atoms with Crippen molar-refractivity contribution in [3.8, 4) is 0 Å². The Kier molecular flexibility index (Phi) is 7.26. The Balaban J connectivity index is 2.15. The normalized spacial score (nSPS) is 17.3. The van der Waals surface area contributed by atoms with Crippen LogP contribution in [0.25, 0.3) is 0 Å². The van der Waals surface area contributed by atoms with Crippen molar-refractivity contribution in [1.29, 1.82) is 0 Å². The van der Waals surface area contributed by atoms with E-state index in [4.69, 9.17) is 10.5 Å². The second kappa shape index (κ2) is 8.44. The number of hydrogen-bond donors (Lipinski definition) is 2. The monoisotopic (exact) mass is 286 g/mol. The lowest BCUT2D eigenvalue weighted by molar-refractivity contribution is 0.0146. The molecule has 6 nitrogen and oxygen atoms in total. The zero-order valence-corrected chi connectivity index (χ0v) is 13.2. The van der Waals surface area contributed by atoms with Gasteiger partial charge in [0.25, 0.3) is 0 Å². The van der Waals surface area contributed by atoms with E-state index in [1.165, 1.54) is 0 Å². The van der Waals surface area contributed by atoms with Gasteiger partial charge in [-0.3, -0.25) is 4.90 Å². The largest absolute Gasteiger partial charge is 0.444 e. The second-order valence-corrected chi connectivity index (χ2v) is 6.20. The lowest BCUT2D eigenvalue weighted by Crippen LogP contribution is -2.51. The molecule has 1 aliphatic rings. The summed E-state index contributed by atoms with van der Waals surface area (Å²) in [5.41, 5.74) is 5.03. The first-order valence-corrected chi connectivity index (χ1v) is 7.53. The fourth-order valence-electron chi connectivity index (χ4n) is 2.07. The van der Waals surface area contributed by atoms with E-state index < -0.39 is 5.60 Å². The highest BCUT2D eigenvalue weighted by Gasteiger charge is 2.25. The van der Waals surface area contributed by atoms with E-state index in [1.54, 1.807) is 4.90 Å². The number of ether oxygens (including phenoxy) is 1. The van der Waals surface area contributed by atoms with Gasteiger partial charge in [-0.25, -0.2) is 4.79 Å². The van der Waals surface area contributed by atoms with Crippen LogP contribution in [-0.2, 0) is 4.74 Å². The van der Waals surface area contributed by atoms with Gasteiger partial charge in [0.05, 0.1) is 0 Å². The van der Waals surface area contributed by atoms with Crippen molar-refractivity contribution in [2.45, 2.75) is 32.8 Å². The molecule has 0 spiro atoms.